The quantitative estimate of drug-likeness (QED) is 0.280. The molecular formula is C49H82N12O5. The van der Waals surface area contributed by atoms with Crippen LogP contribution in [0.2, 0.25) is 0 Å². The monoisotopic (exact) mass is 919 g/mol. The number of carbonyl (C=O) groups excluding carboxylic acids is 3. The highest BCUT2D eigenvalue weighted by Gasteiger charge is 2.36. The fourth-order valence-electron chi connectivity index (χ4n) is 10.1. The van der Waals surface area contributed by atoms with E-state index in [0.29, 0.717) is 50.1 Å². The first-order chi connectivity index (χ1) is 31.4. The molecule has 6 saturated heterocycles. The Morgan fingerprint density at radius 3 is 1.41 bits per heavy atom. The van der Waals surface area contributed by atoms with Crippen LogP contribution in [-0.4, -0.2) is 149 Å². The number of aromatic nitrogens is 6. The van der Waals surface area contributed by atoms with Crippen LogP contribution in [-0.2, 0) is 35.4 Å². The molecule has 6 aliphatic rings. The first-order valence-electron chi connectivity index (χ1n) is 24.8. The molecule has 3 aromatic heterocycles. The first-order valence-corrected chi connectivity index (χ1v) is 24.8. The van der Waals surface area contributed by atoms with Crippen molar-refractivity contribution in [3.63, 3.8) is 0 Å². The van der Waals surface area contributed by atoms with Gasteiger partial charge in [0, 0.05) is 126 Å². The Balaban J connectivity index is 0.000000152. The molecule has 0 saturated carbocycles. The number of nitrogens with zero attached hydrogens (tertiary/aromatic N) is 10. The van der Waals surface area contributed by atoms with E-state index >= 15 is 0 Å². The van der Waals surface area contributed by atoms with Gasteiger partial charge in [-0.25, -0.2) is 9.59 Å². The number of carbonyl (C=O) groups is 3. The number of hydrogen-bond acceptors (Lipinski definition) is 12. The third-order valence-electron chi connectivity index (χ3n) is 13.3. The van der Waals surface area contributed by atoms with Crippen molar-refractivity contribution in [1.29, 1.82) is 0 Å². The van der Waals surface area contributed by atoms with Crippen LogP contribution in [0.3, 0.4) is 0 Å². The van der Waals surface area contributed by atoms with Gasteiger partial charge in [0.05, 0.1) is 18.6 Å². The Labute approximate surface area is 394 Å². The lowest BCUT2D eigenvalue weighted by Gasteiger charge is -2.39. The summed E-state index contributed by atoms with van der Waals surface area (Å²) in [5.41, 5.74) is 3.17. The van der Waals surface area contributed by atoms with Gasteiger partial charge in [0.2, 0.25) is 0 Å². The molecule has 17 nitrogen and oxygen atoms in total. The number of rotatable bonds is 5. The molecule has 368 valence electrons. The Kier molecular flexibility index (Phi) is 18.3. The van der Waals surface area contributed by atoms with Crippen LogP contribution in [0.25, 0.3) is 0 Å². The number of piperidine rings is 3. The average molecular weight is 919 g/mol. The molecule has 66 heavy (non-hydrogen) atoms. The van der Waals surface area contributed by atoms with Crippen LogP contribution in [0.15, 0.2) is 37.2 Å². The van der Waals surface area contributed by atoms with Gasteiger partial charge in [-0.2, -0.15) is 15.3 Å². The molecule has 9 heterocycles. The van der Waals surface area contributed by atoms with Gasteiger partial charge < -0.3 is 29.9 Å². The standard InChI is InChI=1S/C18H30N4O2.C13H22N4.C10H17NO3.C8H13N3/c1-18(2,3)24-17(23)21-10-7-15(8-11-21)22-9-5-6-16(22)14-12-19-20(4)13-14;1-16-10-11(9-15-16)13-3-2-8-17(13)12-4-6-14-7-5-12;1-10(2,3)14-9(13)11-6-4-8(12)5-7-11;1-11-6-7(5-10-11)8-3-2-4-9-8/h12-13,15-16H,5-11H2,1-4H3;9-10,12-14H,2-8H2,1H3;4-7H2,1-3H3;5-6,8-9H,2-4H2,1H3. The van der Waals surface area contributed by atoms with Gasteiger partial charge in [0.15, 0.2) is 0 Å². The van der Waals surface area contributed by atoms with E-state index in [1.165, 1.54) is 87.7 Å². The molecule has 9 rings (SSSR count). The number of hydrogen-bond donors (Lipinski definition) is 2. The summed E-state index contributed by atoms with van der Waals surface area (Å²) in [7, 11) is 5.94. The number of ketones is 1. The number of Topliss-reactive ketones (excluding diaryl/α,β-unsaturated/α-hetero) is 1. The van der Waals surface area contributed by atoms with Gasteiger partial charge in [-0.3, -0.25) is 28.6 Å². The van der Waals surface area contributed by atoms with Crippen molar-refractivity contribution in [3.05, 3.63) is 53.9 Å². The van der Waals surface area contributed by atoms with Gasteiger partial charge in [-0.1, -0.05) is 0 Å². The summed E-state index contributed by atoms with van der Waals surface area (Å²) in [5.74, 6) is 0.227. The maximum atomic E-state index is 12.2. The fourth-order valence-corrected chi connectivity index (χ4v) is 10.1. The maximum Gasteiger partial charge on any atom is 0.410 e. The summed E-state index contributed by atoms with van der Waals surface area (Å²) in [4.78, 5) is 43.5. The van der Waals surface area contributed by atoms with Crippen LogP contribution in [0.5, 0.6) is 0 Å². The van der Waals surface area contributed by atoms with E-state index in [1.807, 2.05) is 100 Å². The minimum Gasteiger partial charge on any atom is -0.444 e. The molecule has 2 amide bonds. The smallest absolute Gasteiger partial charge is 0.410 e. The number of ether oxygens (including phenoxy) is 2. The van der Waals surface area contributed by atoms with Crippen LogP contribution >= 0.6 is 0 Å². The van der Waals surface area contributed by atoms with Crippen LogP contribution in [0, 0.1) is 0 Å². The Morgan fingerprint density at radius 1 is 0.561 bits per heavy atom. The molecule has 0 bridgehead atoms. The molecule has 0 aromatic carbocycles. The molecule has 0 radical (unpaired) electrons. The Morgan fingerprint density at radius 2 is 1.00 bits per heavy atom. The SMILES string of the molecule is CC(C)(C)OC(=O)N1CCC(=O)CC1.Cn1cc(C2CCCN2)cn1.Cn1cc(C2CCCN2C2CCN(C(=O)OC(C)(C)C)CC2)cn1.Cn1cc(C2CCCN2C2CCNCC2)cn1. The Hall–Kier alpha value is -4.32. The second-order valence-electron chi connectivity index (χ2n) is 21.0. The van der Waals surface area contributed by atoms with Gasteiger partial charge in [-0.05, 0) is 138 Å². The van der Waals surface area contributed by atoms with Gasteiger partial charge in [0.1, 0.15) is 17.0 Å². The lowest BCUT2D eigenvalue weighted by atomic mass is 10.0. The predicted octanol–water partition coefficient (Wildman–Crippen LogP) is 6.70. The summed E-state index contributed by atoms with van der Waals surface area (Å²) < 4.78 is 16.3. The van der Waals surface area contributed by atoms with E-state index < -0.39 is 11.2 Å². The minimum absolute atomic E-state index is 0.175. The lowest BCUT2D eigenvalue weighted by molar-refractivity contribution is -0.121. The topological polar surface area (TPSA) is 160 Å². The number of amides is 2. The van der Waals surface area contributed by atoms with E-state index in [4.69, 9.17) is 9.47 Å². The summed E-state index contributed by atoms with van der Waals surface area (Å²) >= 11 is 0. The van der Waals surface area contributed by atoms with Crippen molar-refractivity contribution in [2.24, 2.45) is 21.1 Å². The molecule has 6 fully saturated rings. The highest BCUT2D eigenvalue weighted by molar-refractivity contribution is 5.81. The Bertz CT molecular complexity index is 1950. The summed E-state index contributed by atoms with van der Waals surface area (Å²) in [6.45, 7) is 19.7. The van der Waals surface area contributed by atoms with E-state index in [1.54, 1.807) is 4.90 Å². The highest BCUT2D eigenvalue weighted by Crippen LogP contribution is 2.37. The molecule has 0 spiro atoms. The predicted molar refractivity (Wildman–Crippen MR) is 256 cm³/mol. The molecule has 17 heteroatoms. The molecule has 3 aromatic rings. The second kappa shape index (κ2) is 23.6. The minimum atomic E-state index is -0.460. The number of aryl methyl sites for hydroxylation is 3. The zero-order valence-corrected chi connectivity index (χ0v) is 41.7. The third kappa shape index (κ3) is 15.4. The van der Waals surface area contributed by atoms with E-state index in [-0.39, 0.29) is 18.0 Å². The van der Waals surface area contributed by atoms with Crippen molar-refractivity contribution in [2.75, 3.05) is 58.9 Å². The number of likely N-dealkylation sites (tertiary alicyclic amines) is 4. The summed E-state index contributed by atoms with van der Waals surface area (Å²) in [6, 6.07) is 2.99. The largest absolute Gasteiger partial charge is 0.444 e. The molecule has 2 N–H and O–H groups in total. The van der Waals surface area contributed by atoms with E-state index in [9.17, 15) is 14.4 Å². The zero-order valence-electron chi connectivity index (χ0n) is 41.7. The molecule has 3 unspecified atom stereocenters. The van der Waals surface area contributed by atoms with E-state index in [2.05, 4.69) is 54.3 Å². The maximum absolute atomic E-state index is 12.2. The average Bonchev–Trinajstić information content (AvgIpc) is 4.13. The first kappa shape index (κ1) is 51.1. The van der Waals surface area contributed by atoms with Gasteiger partial charge in [-0.15, -0.1) is 0 Å². The summed E-state index contributed by atoms with van der Waals surface area (Å²) in [6.07, 6.45) is 25.1. The van der Waals surface area contributed by atoms with E-state index in [0.717, 1.165) is 45.1 Å². The van der Waals surface area contributed by atoms with Crippen molar-refractivity contribution in [2.45, 2.75) is 160 Å². The van der Waals surface area contributed by atoms with Gasteiger partial charge in [0.25, 0.3) is 0 Å². The van der Waals surface area contributed by atoms with Gasteiger partial charge >= 0.3 is 12.2 Å². The number of nitrogens with one attached hydrogen (secondary N) is 2. The van der Waals surface area contributed by atoms with Crippen molar-refractivity contribution >= 4 is 18.0 Å². The second-order valence-corrected chi connectivity index (χ2v) is 21.0. The van der Waals surface area contributed by atoms with Crippen molar-refractivity contribution in [1.82, 2.24) is 59.6 Å². The van der Waals surface area contributed by atoms with Crippen LogP contribution in [0.1, 0.15) is 153 Å². The third-order valence-corrected chi connectivity index (χ3v) is 13.3. The van der Waals surface area contributed by atoms with Crippen LogP contribution < -0.4 is 10.6 Å². The lowest BCUT2D eigenvalue weighted by Crippen LogP contribution is -2.47. The normalized spacial score (nSPS) is 23.7. The fraction of sp³-hybridized carbons (Fsp3) is 0.755. The highest BCUT2D eigenvalue weighted by atomic mass is 16.6. The van der Waals surface area contributed by atoms with Crippen molar-refractivity contribution < 1.29 is 23.9 Å². The summed E-state index contributed by atoms with van der Waals surface area (Å²) in [5, 5.41) is 19.7. The van der Waals surface area contributed by atoms with Crippen molar-refractivity contribution in [3.8, 4) is 0 Å². The molecule has 6 aliphatic heterocycles. The molecule has 0 aliphatic carbocycles. The van der Waals surface area contributed by atoms with Crippen LogP contribution in [0.4, 0.5) is 9.59 Å². The molecule has 3 atom stereocenters. The zero-order chi connectivity index (χ0) is 47.4. The molecular weight excluding hydrogens is 837 g/mol.